The van der Waals surface area contributed by atoms with E-state index >= 15 is 0 Å². The number of nitrogens with zero attached hydrogens (tertiary/aromatic N) is 1. The van der Waals surface area contributed by atoms with Gasteiger partial charge in [-0.25, -0.2) is 13.1 Å². The molecule has 4 nitrogen and oxygen atoms in total. The van der Waals surface area contributed by atoms with Gasteiger partial charge in [-0.1, -0.05) is 6.08 Å². The van der Waals surface area contributed by atoms with Gasteiger partial charge in [0.15, 0.2) is 5.25 Å². The van der Waals surface area contributed by atoms with Gasteiger partial charge >= 0.3 is 0 Å². The lowest BCUT2D eigenvalue weighted by molar-refractivity contribution is 0.580. The summed E-state index contributed by atoms with van der Waals surface area (Å²) in [6, 6.07) is 1.68. The summed E-state index contributed by atoms with van der Waals surface area (Å²) in [5, 5.41) is 7.43. The van der Waals surface area contributed by atoms with Crippen LogP contribution in [-0.2, 0) is 10.0 Å². The first kappa shape index (κ1) is 13.5. The van der Waals surface area contributed by atoms with Crippen molar-refractivity contribution in [2.24, 2.45) is 0 Å². The molecule has 0 aliphatic rings. The second-order valence-corrected chi connectivity index (χ2v) is 5.81. The average molecular weight is 234 g/mol. The maximum absolute atomic E-state index is 11.2. The molecule has 1 unspecified atom stereocenters. The summed E-state index contributed by atoms with van der Waals surface area (Å²) < 4.78 is 24.8. The zero-order chi connectivity index (χ0) is 11.0. The molecule has 0 aromatic carbocycles. The summed E-state index contributed by atoms with van der Waals surface area (Å²) in [4.78, 5) is 0. The Labute approximate surface area is 89.4 Å². The van der Waals surface area contributed by atoms with Crippen molar-refractivity contribution in [2.75, 3.05) is 18.1 Å². The minimum atomic E-state index is -3.45. The predicted molar refractivity (Wildman–Crippen MR) is 59.5 cm³/mol. The molecule has 14 heavy (non-hydrogen) atoms. The number of thioether (sulfide) groups is 1. The van der Waals surface area contributed by atoms with Crippen molar-refractivity contribution in [3.8, 4) is 6.07 Å². The lowest BCUT2D eigenvalue weighted by Crippen LogP contribution is -2.33. The smallest absolute Gasteiger partial charge is 0.213 e. The Morgan fingerprint density at radius 1 is 1.71 bits per heavy atom. The first-order valence-corrected chi connectivity index (χ1v) is 6.81. The average Bonchev–Trinajstić information content (AvgIpc) is 2.16. The van der Waals surface area contributed by atoms with Gasteiger partial charge in [-0.15, -0.1) is 6.58 Å². The molecule has 0 fully saturated rings. The molecule has 0 spiro atoms. The topological polar surface area (TPSA) is 70.0 Å². The van der Waals surface area contributed by atoms with Crippen LogP contribution in [0, 0.1) is 11.3 Å². The van der Waals surface area contributed by atoms with Crippen LogP contribution in [0.1, 0.15) is 6.92 Å². The van der Waals surface area contributed by atoms with E-state index < -0.39 is 15.3 Å². The summed E-state index contributed by atoms with van der Waals surface area (Å²) in [6.45, 7) is 5.26. The monoisotopic (exact) mass is 234 g/mol. The molecule has 0 saturated carbocycles. The summed E-state index contributed by atoms with van der Waals surface area (Å²) in [6.07, 6.45) is 1.76. The van der Waals surface area contributed by atoms with Gasteiger partial charge in [-0.05, 0) is 6.92 Å². The third kappa shape index (κ3) is 5.27. The molecule has 0 saturated heterocycles. The van der Waals surface area contributed by atoms with Gasteiger partial charge in [0, 0.05) is 18.1 Å². The molecule has 1 N–H and O–H groups in total. The van der Waals surface area contributed by atoms with E-state index in [1.54, 1.807) is 23.9 Å². The van der Waals surface area contributed by atoms with Crippen LogP contribution in [0.5, 0.6) is 0 Å². The fourth-order valence-corrected chi connectivity index (χ4v) is 2.10. The molecule has 0 heterocycles. The maximum atomic E-state index is 11.2. The molecule has 0 rings (SSSR count). The number of rotatable bonds is 7. The summed E-state index contributed by atoms with van der Waals surface area (Å²) >= 11 is 1.59. The third-order valence-electron chi connectivity index (χ3n) is 1.43. The van der Waals surface area contributed by atoms with Crippen LogP contribution in [0.4, 0.5) is 0 Å². The molecule has 0 aromatic heterocycles. The SMILES string of the molecule is C=CCSCCNS(=O)(=O)C(C)C#N. The second kappa shape index (κ2) is 6.87. The highest BCUT2D eigenvalue weighted by atomic mass is 32.2. The molecule has 0 radical (unpaired) electrons. The van der Waals surface area contributed by atoms with Crippen LogP contribution in [0.3, 0.4) is 0 Å². The van der Waals surface area contributed by atoms with Gasteiger partial charge in [0.1, 0.15) is 0 Å². The van der Waals surface area contributed by atoms with E-state index in [1.807, 2.05) is 0 Å². The van der Waals surface area contributed by atoms with E-state index in [1.165, 1.54) is 6.92 Å². The summed E-state index contributed by atoms with van der Waals surface area (Å²) in [7, 11) is -3.45. The minimum absolute atomic E-state index is 0.354. The molecular formula is C8H14N2O2S2. The Morgan fingerprint density at radius 3 is 2.86 bits per heavy atom. The van der Waals surface area contributed by atoms with Crippen molar-refractivity contribution in [1.82, 2.24) is 4.72 Å². The highest BCUT2D eigenvalue weighted by Crippen LogP contribution is 2.00. The van der Waals surface area contributed by atoms with Crippen molar-refractivity contribution in [1.29, 1.82) is 5.26 Å². The normalized spacial score (nSPS) is 13.1. The second-order valence-electron chi connectivity index (χ2n) is 2.57. The van der Waals surface area contributed by atoms with Crippen LogP contribution in [-0.4, -0.2) is 31.7 Å². The highest BCUT2D eigenvalue weighted by Gasteiger charge is 2.18. The van der Waals surface area contributed by atoms with Gasteiger partial charge in [0.2, 0.25) is 10.0 Å². The van der Waals surface area contributed by atoms with Gasteiger partial charge in [0.05, 0.1) is 6.07 Å². The highest BCUT2D eigenvalue weighted by molar-refractivity contribution is 7.99. The molecule has 0 bridgehead atoms. The molecule has 1 atom stereocenters. The molecule has 0 amide bonds. The van der Waals surface area contributed by atoms with Crippen molar-refractivity contribution in [3.05, 3.63) is 12.7 Å². The molecule has 0 aliphatic heterocycles. The van der Waals surface area contributed by atoms with E-state index in [2.05, 4.69) is 11.3 Å². The zero-order valence-electron chi connectivity index (χ0n) is 8.06. The minimum Gasteiger partial charge on any atom is -0.213 e. The van der Waals surface area contributed by atoms with E-state index in [-0.39, 0.29) is 0 Å². The predicted octanol–water partition coefficient (Wildman–Crippen LogP) is 0.737. The van der Waals surface area contributed by atoms with Gasteiger partial charge < -0.3 is 0 Å². The number of sulfonamides is 1. The van der Waals surface area contributed by atoms with Crippen molar-refractivity contribution in [3.63, 3.8) is 0 Å². The van der Waals surface area contributed by atoms with E-state index in [4.69, 9.17) is 5.26 Å². The largest absolute Gasteiger partial charge is 0.227 e. The molecule has 80 valence electrons. The standard InChI is InChI=1S/C8H14N2O2S2/c1-3-5-13-6-4-10-14(11,12)8(2)7-9/h3,8,10H,1,4-6H2,2H3. The fraction of sp³-hybridized carbons (Fsp3) is 0.625. The van der Waals surface area contributed by atoms with Crippen molar-refractivity contribution < 1.29 is 8.42 Å². The van der Waals surface area contributed by atoms with Crippen molar-refractivity contribution in [2.45, 2.75) is 12.2 Å². The Balaban J connectivity index is 3.79. The lowest BCUT2D eigenvalue weighted by atomic mass is 10.5. The number of nitrogens with one attached hydrogen (secondary N) is 1. The van der Waals surface area contributed by atoms with Gasteiger partial charge in [-0.3, -0.25) is 0 Å². The Morgan fingerprint density at radius 2 is 2.36 bits per heavy atom. The van der Waals surface area contributed by atoms with E-state index in [0.29, 0.717) is 12.3 Å². The first-order chi connectivity index (χ1) is 6.54. The summed E-state index contributed by atoms with van der Waals surface area (Å²) in [5.74, 6) is 1.49. The molecule has 0 aliphatic carbocycles. The lowest BCUT2D eigenvalue weighted by Gasteiger charge is -2.06. The number of nitriles is 1. The van der Waals surface area contributed by atoms with Crippen molar-refractivity contribution >= 4 is 21.8 Å². The van der Waals surface area contributed by atoms with Gasteiger partial charge in [-0.2, -0.15) is 17.0 Å². The van der Waals surface area contributed by atoms with Crippen LogP contribution in [0.15, 0.2) is 12.7 Å². The molecule has 6 heteroatoms. The quantitative estimate of drug-likeness (QED) is 0.521. The van der Waals surface area contributed by atoms with Crippen LogP contribution in [0.25, 0.3) is 0 Å². The Hall–Kier alpha value is -0.510. The zero-order valence-corrected chi connectivity index (χ0v) is 9.70. The summed E-state index contributed by atoms with van der Waals surface area (Å²) in [5.41, 5.74) is 0. The first-order valence-electron chi connectivity index (χ1n) is 4.11. The maximum Gasteiger partial charge on any atom is 0.227 e. The van der Waals surface area contributed by atoms with Crippen LogP contribution in [0.2, 0.25) is 0 Å². The Kier molecular flexibility index (Phi) is 6.62. The van der Waals surface area contributed by atoms with E-state index in [0.717, 1.165) is 5.75 Å². The van der Waals surface area contributed by atoms with Crippen LogP contribution < -0.4 is 4.72 Å². The molecule has 0 aromatic rings. The van der Waals surface area contributed by atoms with Crippen LogP contribution >= 0.6 is 11.8 Å². The third-order valence-corrected chi connectivity index (χ3v) is 4.04. The fourth-order valence-electron chi connectivity index (χ4n) is 0.617. The number of hydrogen-bond donors (Lipinski definition) is 1. The van der Waals surface area contributed by atoms with Gasteiger partial charge in [0.25, 0.3) is 0 Å². The van der Waals surface area contributed by atoms with E-state index in [9.17, 15) is 8.42 Å². The molecular weight excluding hydrogens is 220 g/mol. The Bertz CT molecular complexity index is 306. The number of hydrogen-bond acceptors (Lipinski definition) is 4.